The summed E-state index contributed by atoms with van der Waals surface area (Å²) >= 11 is 1.72. The highest BCUT2D eigenvalue weighted by Crippen LogP contribution is 2.23. The lowest BCUT2D eigenvalue weighted by Gasteiger charge is -2.21. The Morgan fingerprint density at radius 3 is 3.00 bits per heavy atom. The standard InChI is InChI=1S/C11H17NOS/c1-8(9-5-6-14-7-9)12-10-3-2-4-11(10)13/h5-8,10-13H,2-4H2,1H3/t8?,10-,11-/m0/s1. The van der Waals surface area contributed by atoms with Crippen molar-refractivity contribution in [2.75, 3.05) is 0 Å². The van der Waals surface area contributed by atoms with Crippen LogP contribution in [0.2, 0.25) is 0 Å². The highest BCUT2D eigenvalue weighted by atomic mass is 32.1. The summed E-state index contributed by atoms with van der Waals surface area (Å²) in [6, 6.07) is 2.80. The largest absolute Gasteiger partial charge is 0.392 e. The Morgan fingerprint density at radius 1 is 1.57 bits per heavy atom. The van der Waals surface area contributed by atoms with Crippen molar-refractivity contribution in [1.29, 1.82) is 0 Å². The van der Waals surface area contributed by atoms with E-state index in [-0.39, 0.29) is 6.10 Å². The van der Waals surface area contributed by atoms with E-state index < -0.39 is 0 Å². The molecule has 1 fully saturated rings. The number of hydrogen-bond acceptors (Lipinski definition) is 3. The Balaban J connectivity index is 1.91. The van der Waals surface area contributed by atoms with Crippen molar-refractivity contribution in [1.82, 2.24) is 5.32 Å². The SMILES string of the molecule is CC(N[C@H]1CCC[C@@H]1O)c1ccsc1. The van der Waals surface area contributed by atoms with Crippen LogP contribution in [0.1, 0.15) is 37.8 Å². The van der Waals surface area contributed by atoms with E-state index in [1.807, 2.05) is 0 Å². The van der Waals surface area contributed by atoms with Gasteiger partial charge in [-0.2, -0.15) is 11.3 Å². The van der Waals surface area contributed by atoms with Gasteiger partial charge in [-0.05, 0) is 48.6 Å². The molecule has 1 heterocycles. The van der Waals surface area contributed by atoms with Gasteiger partial charge in [-0.1, -0.05) is 0 Å². The molecule has 0 radical (unpaired) electrons. The minimum atomic E-state index is -0.143. The molecule has 2 N–H and O–H groups in total. The number of aliphatic hydroxyl groups excluding tert-OH is 1. The molecular formula is C11H17NOS. The van der Waals surface area contributed by atoms with E-state index in [0.29, 0.717) is 12.1 Å². The summed E-state index contributed by atoms with van der Waals surface area (Å²) in [7, 11) is 0. The van der Waals surface area contributed by atoms with Gasteiger partial charge in [0.1, 0.15) is 0 Å². The van der Waals surface area contributed by atoms with Crippen LogP contribution in [0.5, 0.6) is 0 Å². The van der Waals surface area contributed by atoms with Crippen LogP contribution in [-0.4, -0.2) is 17.3 Å². The van der Waals surface area contributed by atoms with Crippen LogP contribution >= 0.6 is 11.3 Å². The molecule has 0 aliphatic heterocycles. The second-order valence-electron chi connectivity index (χ2n) is 4.05. The van der Waals surface area contributed by atoms with E-state index >= 15 is 0 Å². The van der Waals surface area contributed by atoms with E-state index in [1.54, 1.807) is 11.3 Å². The van der Waals surface area contributed by atoms with Crippen LogP contribution < -0.4 is 5.32 Å². The average Bonchev–Trinajstić information content (AvgIpc) is 2.77. The summed E-state index contributed by atoms with van der Waals surface area (Å²) in [4.78, 5) is 0. The minimum absolute atomic E-state index is 0.143. The fraction of sp³-hybridized carbons (Fsp3) is 0.636. The average molecular weight is 211 g/mol. The molecule has 1 aromatic heterocycles. The molecule has 2 nitrogen and oxygen atoms in total. The van der Waals surface area contributed by atoms with Crippen molar-refractivity contribution in [2.45, 2.75) is 44.4 Å². The van der Waals surface area contributed by atoms with Gasteiger partial charge in [0.05, 0.1) is 6.10 Å². The molecule has 0 saturated heterocycles. The van der Waals surface area contributed by atoms with Crippen molar-refractivity contribution >= 4 is 11.3 Å². The molecule has 0 amide bonds. The molecule has 1 aromatic rings. The molecule has 2 rings (SSSR count). The molecule has 0 bridgehead atoms. The van der Waals surface area contributed by atoms with E-state index in [1.165, 1.54) is 5.56 Å². The van der Waals surface area contributed by atoms with E-state index in [2.05, 4.69) is 29.1 Å². The molecule has 0 aromatic carbocycles. The second kappa shape index (κ2) is 4.43. The Kier molecular flexibility index (Phi) is 3.21. The smallest absolute Gasteiger partial charge is 0.0693 e. The predicted octanol–water partition coefficient (Wildman–Crippen LogP) is 2.31. The molecule has 0 spiro atoms. The zero-order chi connectivity index (χ0) is 9.97. The Hall–Kier alpha value is -0.380. The summed E-state index contributed by atoms with van der Waals surface area (Å²) in [6.45, 7) is 2.16. The molecular weight excluding hydrogens is 194 g/mol. The van der Waals surface area contributed by atoms with Crippen LogP contribution in [0.15, 0.2) is 16.8 Å². The van der Waals surface area contributed by atoms with Gasteiger partial charge in [0.2, 0.25) is 0 Å². The van der Waals surface area contributed by atoms with Gasteiger partial charge in [0.15, 0.2) is 0 Å². The molecule has 3 heteroatoms. The molecule has 14 heavy (non-hydrogen) atoms. The Morgan fingerprint density at radius 2 is 2.43 bits per heavy atom. The first-order chi connectivity index (χ1) is 6.77. The lowest BCUT2D eigenvalue weighted by atomic mass is 10.1. The van der Waals surface area contributed by atoms with Gasteiger partial charge < -0.3 is 10.4 Å². The van der Waals surface area contributed by atoms with Crippen molar-refractivity contribution in [3.8, 4) is 0 Å². The van der Waals surface area contributed by atoms with Gasteiger partial charge in [-0.3, -0.25) is 0 Å². The molecule has 78 valence electrons. The molecule has 1 aliphatic rings. The maximum Gasteiger partial charge on any atom is 0.0693 e. The molecule has 1 saturated carbocycles. The van der Waals surface area contributed by atoms with Gasteiger partial charge >= 0.3 is 0 Å². The lowest BCUT2D eigenvalue weighted by Crippen LogP contribution is -2.37. The van der Waals surface area contributed by atoms with Crippen LogP contribution in [0.25, 0.3) is 0 Å². The zero-order valence-electron chi connectivity index (χ0n) is 8.44. The van der Waals surface area contributed by atoms with Crippen LogP contribution in [0.4, 0.5) is 0 Å². The number of nitrogens with one attached hydrogen (secondary N) is 1. The highest BCUT2D eigenvalue weighted by Gasteiger charge is 2.26. The maximum absolute atomic E-state index is 9.68. The van der Waals surface area contributed by atoms with E-state index in [0.717, 1.165) is 19.3 Å². The normalized spacial score (nSPS) is 29.3. The van der Waals surface area contributed by atoms with Crippen molar-refractivity contribution in [2.24, 2.45) is 0 Å². The summed E-state index contributed by atoms with van der Waals surface area (Å²) in [5.74, 6) is 0. The van der Waals surface area contributed by atoms with Gasteiger partial charge in [-0.15, -0.1) is 0 Å². The number of aliphatic hydroxyl groups is 1. The second-order valence-corrected chi connectivity index (χ2v) is 4.83. The monoisotopic (exact) mass is 211 g/mol. The first-order valence-corrected chi connectivity index (χ1v) is 6.18. The molecule has 1 aliphatic carbocycles. The van der Waals surface area contributed by atoms with Crippen molar-refractivity contribution < 1.29 is 5.11 Å². The Bertz CT molecular complexity index is 273. The maximum atomic E-state index is 9.68. The zero-order valence-corrected chi connectivity index (χ0v) is 9.26. The van der Waals surface area contributed by atoms with Gasteiger partial charge in [0.25, 0.3) is 0 Å². The number of thiophene rings is 1. The van der Waals surface area contributed by atoms with Crippen LogP contribution in [0, 0.1) is 0 Å². The number of rotatable bonds is 3. The third kappa shape index (κ3) is 2.16. The summed E-state index contributed by atoms with van der Waals surface area (Å²) in [6.07, 6.45) is 3.06. The topological polar surface area (TPSA) is 32.3 Å². The minimum Gasteiger partial charge on any atom is -0.392 e. The summed E-state index contributed by atoms with van der Waals surface area (Å²) in [5.41, 5.74) is 1.33. The van der Waals surface area contributed by atoms with Gasteiger partial charge in [-0.25, -0.2) is 0 Å². The first-order valence-electron chi connectivity index (χ1n) is 5.23. The lowest BCUT2D eigenvalue weighted by molar-refractivity contribution is 0.144. The summed E-state index contributed by atoms with van der Waals surface area (Å²) in [5, 5.41) is 17.4. The van der Waals surface area contributed by atoms with Crippen molar-refractivity contribution in [3.05, 3.63) is 22.4 Å². The van der Waals surface area contributed by atoms with E-state index in [9.17, 15) is 5.11 Å². The van der Waals surface area contributed by atoms with Crippen LogP contribution in [0.3, 0.4) is 0 Å². The third-order valence-corrected chi connectivity index (χ3v) is 3.69. The number of hydrogen-bond donors (Lipinski definition) is 2. The van der Waals surface area contributed by atoms with Crippen molar-refractivity contribution in [3.63, 3.8) is 0 Å². The predicted molar refractivity (Wildman–Crippen MR) is 59.5 cm³/mol. The fourth-order valence-corrected chi connectivity index (χ4v) is 2.83. The highest BCUT2D eigenvalue weighted by molar-refractivity contribution is 7.07. The summed E-state index contributed by atoms with van der Waals surface area (Å²) < 4.78 is 0. The Labute approximate surface area is 89.0 Å². The fourth-order valence-electron chi connectivity index (χ4n) is 2.07. The quantitative estimate of drug-likeness (QED) is 0.804. The first kappa shape index (κ1) is 10.1. The molecule has 3 atom stereocenters. The third-order valence-electron chi connectivity index (χ3n) is 2.99. The van der Waals surface area contributed by atoms with E-state index in [4.69, 9.17) is 0 Å². The van der Waals surface area contributed by atoms with Crippen LogP contribution in [-0.2, 0) is 0 Å². The molecule has 1 unspecified atom stereocenters. The van der Waals surface area contributed by atoms with Gasteiger partial charge in [0, 0.05) is 12.1 Å².